The Balaban J connectivity index is 0. The molecule has 1 amide bonds. The molecule has 8 nitrogen and oxygen atoms in total. The number of rotatable bonds is 8. The number of quaternary nitrogens is 1. The fourth-order valence-electron chi connectivity index (χ4n) is 1.41. The second-order valence-corrected chi connectivity index (χ2v) is 5.72. The molecule has 0 aliphatic carbocycles. The smallest absolute Gasteiger partial charge is 0.247 e. The molecular formula is C12H24ClN3O5. The van der Waals surface area contributed by atoms with Gasteiger partial charge < -0.3 is 30.2 Å². The number of halogens is 1. The number of hydrogen-bond donors (Lipinski definition) is 2. The molecule has 0 spiro atoms. The van der Waals surface area contributed by atoms with E-state index in [0.717, 1.165) is 24.0 Å². The molecule has 0 rings (SSSR count). The Kier molecular flexibility index (Phi) is 11.8. The largest absolute Gasteiger partial charge is 0.396 e. The van der Waals surface area contributed by atoms with Crippen LogP contribution >= 0.6 is 11.6 Å². The molecule has 1 unspecified atom stereocenters. The van der Waals surface area contributed by atoms with Crippen LogP contribution in [0.3, 0.4) is 0 Å². The minimum Gasteiger partial charge on any atom is -0.396 e. The highest BCUT2D eigenvalue weighted by Crippen LogP contribution is 2.06. The van der Waals surface area contributed by atoms with E-state index < -0.39 is 5.09 Å². The Morgan fingerprint density at radius 1 is 1.43 bits per heavy atom. The second-order valence-electron chi connectivity index (χ2n) is 5.19. The number of hydrogen-bond acceptors (Lipinski definition) is 5. The molecule has 0 fully saturated rings. The third kappa shape index (κ3) is 16.6. The van der Waals surface area contributed by atoms with Crippen LogP contribution in [0.2, 0.25) is 0 Å². The number of nitrogens with one attached hydrogen (secondary N) is 1. The first-order valence-electron chi connectivity index (χ1n) is 6.36. The first-order chi connectivity index (χ1) is 9.51. The highest BCUT2D eigenvalue weighted by Gasteiger charge is 2.18. The number of nitrogens with zero attached hydrogens (tertiary/aromatic N) is 2. The highest BCUT2D eigenvalue weighted by molar-refractivity contribution is 6.21. The van der Waals surface area contributed by atoms with Crippen LogP contribution in [0, 0.1) is 15.3 Å². The summed E-state index contributed by atoms with van der Waals surface area (Å²) >= 11 is 6.03. The summed E-state index contributed by atoms with van der Waals surface area (Å²) in [5.74, 6) is -0.203. The maximum atomic E-state index is 11.3. The van der Waals surface area contributed by atoms with Gasteiger partial charge in [-0.05, 0) is 6.92 Å². The molecule has 21 heavy (non-hydrogen) atoms. The van der Waals surface area contributed by atoms with Crippen molar-refractivity contribution < 1.29 is 19.5 Å². The van der Waals surface area contributed by atoms with E-state index in [9.17, 15) is 4.79 Å². The molecule has 0 aromatic heterocycles. The van der Waals surface area contributed by atoms with Crippen molar-refractivity contribution in [3.63, 3.8) is 0 Å². The van der Waals surface area contributed by atoms with Crippen LogP contribution in [-0.4, -0.2) is 59.9 Å². The summed E-state index contributed by atoms with van der Waals surface area (Å²) < 4.78 is 0.784. The average molecular weight is 326 g/mol. The van der Waals surface area contributed by atoms with Crippen molar-refractivity contribution in [2.24, 2.45) is 0 Å². The van der Waals surface area contributed by atoms with Gasteiger partial charge in [-0.3, -0.25) is 4.79 Å². The van der Waals surface area contributed by atoms with Gasteiger partial charge >= 0.3 is 0 Å². The molecule has 0 aliphatic heterocycles. The highest BCUT2D eigenvalue weighted by atomic mass is 35.5. The number of aliphatic hydroxyl groups excluding tert-OH is 1. The van der Waals surface area contributed by atoms with Gasteiger partial charge in [0.2, 0.25) is 5.91 Å². The van der Waals surface area contributed by atoms with Crippen LogP contribution in [0.1, 0.15) is 19.8 Å². The van der Waals surface area contributed by atoms with Gasteiger partial charge in [-0.2, -0.15) is 0 Å². The summed E-state index contributed by atoms with van der Waals surface area (Å²) in [5, 5.41) is 26.2. The van der Waals surface area contributed by atoms with Gasteiger partial charge in [0.05, 0.1) is 32.3 Å². The molecule has 0 aromatic rings. The van der Waals surface area contributed by atoms with Gasteiger partial charge in [0.15, 0.2) is 0 Å². The van der Waals surface area contributed by atoms with Crippen molar-refractivity contribution in [3.05, 3.63) is 27.5 Å². The molecule has 0 heterocycles. The molecule has 0 saturated heterocycles. The zero-order valence-corrected chi connectivity index (χ0v) is 13.4. The van der Waals surface area contributed by atoms with Crippen LogP contribution in [0.25, 0.3) is 0 Å². The van der Waals surface area contributed by atoms with E-state index in [1.54, 1.807) is 6.92 Å². The van der Waals surface area contributed by atoms with Crippen molar-refractivity contribution in [1.82, 2.24) is 5.32 Å². The van der Waals surface area contributed by atoms with Crippen LogP contribution in [-0.2, 0) is 4.79 Å². The number of alkyl halides is 1. The molecular weight excluding hydrogens is 302 g/mol. The van der Waals surface area contributed by atoms with Gasteiger partial charge in [-0.15, -0.1) is 0 Å². The Bertz CT molecular complexity index is 346. The molecule has 124 valence electrons. The summed E-state index contributed by atoms with van der Waals surface area (Å²) in [7, 11) is 4.17. The summed E-state index contributed by atoms with van der Waals surface area (Å²) in [6.07, 6.45) is 1.47. The van der Waals surface area contributed by atoms with E-state index in [-0.39, 0.29) is 18.0 Å². The van der Waals surface area contributed by atoms with E-state index >= 15 is 0 Å². The van der Waals surface area contributed by atoms with Gasteiger partial charge in [0.1, 0.15) is 5.50 Å². The topological polar surface area (TPSA) is 116 Å². The van der Waals surface area contributed by atoms with E-state index in [1.165, 1.54) is 0 Å². The Morgan fingerprint density at radius 3 is 2.29 bits per heavy atom. The number of aliphatic hydroxyl groups is 1. The Labute approximate surface area is 129 Å². The van der Waals surface area contributed by atoms with Crippen molar-refractivity contribution in [3.8, 4) is 0 Å². The molecule has 0 radical (unpaired) electrons. The third-order valence-electron chi connectivity index (χ3n) is 2.58. The van der Waals surface area contributed by atoms with Crippen LogP contribution < -0.4 is 5.32 Å². The van der Waals surface area contributed by atoms with E-state index in [0.29, 0.717) is 12.0 Å². The van der Waals surface area contributed by atoms with Crippen molar-refractivity contribution in [1.29, 1.82) is 0 Å². The standard InChI is InChI=1S/C12H23ClN2O2.NO3/c1-10(2)12(17)14-11(13)6-8-15(3,4)7-5-9-16;2-1(3)4/h11,16H,1,5-9H2,2-4H3;/q;-1/p+1. The third-order valence-corrected chi connectivity index (χ3v) is 2.91. The first-order valence-corrected chi connectivity index (χ1v) is 6.80. The van der Waals surface area contributed by atoms with Crippen LogP contribution in [0.4, 0.5) is 0 Å². The van der Waals surface area contributed by atoms with Gasteiger partial charge in [0, 0.05) is 25.0 Å². The summed E-state index contributed by atoms with van der Waals surface area (Å²) in [6, 6.07) is 0. The molecule has 0 aliphatic rings. The monoisotopic (exact) mass is 325 g/mol. The van der Waals surface area contributed by atoms with E-state index in [4.69, 9.17) is 32.0 Å². The number of carbonyl (C=O) groups excluding carboxylic acids is 1. The maximum Gasteiger partial charge on any atom is 0.247 e. The molecule has 0 bridgehead atoms. The molecule has 0 aromatic carbocycles. The summed E-state index contributed by atoms with van der Waals surface area (Å²) in [5.41, 5.74) is 0.0930. The predicted molar refractivity (Wildman–Crippen MR) is 81.1 cm³/mol. The fraction of sp³-hybridized carbons (Fsp3) is 0.750. The van der Waals surface area contributed by atoms with Crippen molar-refractivity contribution in [2.75, 3.05) is 33.8 Å². The Hall–Kier alpha value is -1.38. The van der Waals surface area contributed by atoms with Crippen LogP contribution in [0.5, 0.6) is 0 Å². The lowest BCUT2D eigenvalue weighted by Crippen LogP contribution is -2.44. The summed E-state index contributed by atoms with van der Waals surface area (Å²) in [4.78, 5) is 19.6. The van der Waals surface area contributed by atoms with Gasteiger partial charge in [-0.1, -0.05) is 18.2 Å². The van der Waals surface area contributed by atoms with E-state index in [2.05, 4.69) is 26.0 Å². The number of amides is 1. The van der Waals surface area contributed by atoms with Crippen LogP contribution in [0.15, 0.2) is 12.2 Å². The average Bonchev–Trinajstić information content (AvgIpc) is 2.33. The van der Waals surface area contributed by atoms with Gasteiger partial charge in [-0.25, -0.2) is 0 Å². The SMILES string of the molecule is C=C(C)C(=O)NC(Cl)CC[N+](C)(C)CCCO.O=[N+]([O-])[O-]. The van der Waals surface area contributed by atoms with Gasteiger partial charge in [0.25, 0.3) is 0 Å². The van der Waals surface area contributed by atoms with Crippen molar-refractivity contribution >= 4 is 17.5 Å². The second kappa shape index (κ2) is 11.3. The first kappa shape index (κ1) is 21.9. The quantitative estimate of drug-likeness (QED) is 0.171. The fourth-order valence-corrected chi connectivity index (χ4v) is 1.61. The normalized spacial score (nSPS) is 11.9. The number of carbonyl (C=O) groups is 1. The molecule has 2 N–H and O–H groups in total. The summed E-state index contributed by atoms with van der Waals surface area (Å²) in [6.45, 7) is 7.16. The molecule has 9 heteroatoms. The minimum absolute atomic E-state index is 0.203. The maximum absolute atomic E-state index is 11.3. The zero-order chi connectivity index (χ0) is 17.1. The lowest BCUT2D eigenvalue weighted by Gasteiger charge is -2.30. The minimum atomic E-state index is -1.75. The van der Waals surface area contributed by atoms with E-state index in [1.807, 2.05) is 0 Å². The molecule has 0 saturated carbocycles. The molecule has 1 atom stereocenters. The Morgan fingerprint density at radius 2 is 1.90 bits per heavy atom. The predicted octanol–water partition coefficient (Wildman–Crippen LogP) is 0.853. The lowest BCUT2D eigenvalue weighted by atomic mass is 10.3. The van der Waals surface area contributed by atoms with Crippen molar-refractivity contribution in [2.45, 2.75) is 25.3 Å². The zero-order valence-electron chi connectivity index (χ0n) is 12.7. The lowest BCUT2D eigenvalue weighted by molar-refractivity contribution is -0.890.